The Morgan fingerprint density at radius 2 is 2.06 bits per heavy atom. The first-order valence-corrected chi connectivity index (χ1v) is 5.24. The highest BCUT2D eigenvalue weighted by Gasteiger charge is 2.04. The van der Waals surface area contributed by atoms with E-state index >= 15 is 0 Å². The second-order valence-corrected chi connectivity index (χ2v) is 3.68. The fourth-order valence-corrected chi connectivity index (χ4v) is 1.40. The van der Waals surface area contributed by atoms with Crippen LogP contribution in [-0.4, -0.2) is 20.2 Å². The lowest BCUT2D eigenvalue weighted by atomic mass is 10.2. The fourth-order valence-electron chi connectivity index (χ4n) is 1.40. The molecule has 1 N–H and O–H groups in total. The standard InChI is InChI=1S/C13H17NO3/c1-9-5-6-12(16-3)11(7-9)14-10(2)8-13(15)17-4/h5-8,14H,1-4H3/b10-8+. The number of esters is 1. The molecule has 0 fully saturated rings. The smallest absolute Gasteiger partial charge is 0.332 e. The molecular weight excluding hydrogens is 218 g/mol. The van der Waals surface area contributed by atoms with E-state index in [-0.39, 0.29) is 5.97 Å². The molecule has 1 aromatic rings. The van der Waals surface area contributed by atoms with E-state index in [4.69, 9.17) is 4.74 Å². The van der Waals surface area contributed by atoms with Gasteiger partial charge in [0.05, 0.1) is 19.9 Å². The molecule has 0 aliphatic carbocycles. The molecule has 4 nitrogen and oxygen atoms in total. The van der Waals surface area contributed by atoms with Gasteiger partial charge in [-0.2, -0.15) is 0 Å². The van der Waals surface area contributed by atoms with Crippen LogP contribution in [0.15, 0.2) is 30.0 Å². The van der Waals surface area contributed by atoms with Crippen molar-refractivity contribution >= 4 is 11.7 Å². The maximum Gasteiger partial charge on any atom is 0.332 e. The van der Waals surface area contributed by atoms with Crippen molar-refractivity contribution < 1.29 is 14.3 Å². The Hall–Kier alpha value is -1.97. The summed E-state index contributed by atoms with van der Waals surface area (Å²) >= 11 is 0. The summed E-state index contributed by atoms with van der Waals surface area (Å²) in [6, 6.07) is 5.79. The summed E-state index contributed by atoms with van der Waals surface area (Å²) in [5.41, 5.74) is 2.63. The zero-order valence-corrected chi connectivity index (χ0v) is 10.5. The van der Waals surface area contributed by atoms with Crippen LogP contribution in [0.2, 0.25) is 0 Å². The lowest BCUT2D eigenvalue weighted by Crippen LogP contribution is -2.03. The number of nitrogens with one attached hydrogen (secondary N) is 1. The van der Waals surface area contributed by atoms with Gasteiger partial charge in [0.2, 0.25) is 0 Å². The number of methoxy groups -OCH3 is 2. The molecule has 0 radical (unpaired) electrons. The third-order valence-corrected chi connectivity index (χ3v) is 2.22. The van der Waals surface area contributed by atoms with Gasteiger partial charge in [0, 0.05) is 11.8 Å². The fraction of sp³-hybridized carbons (Fsp3) is 0.308. The van der Waals surface area contributed by atoms with Crippen LogP contribution >= 0.6 is 0 Å². The number of anilines is 1. The number of carbonyl (C=O) groups excluding carboxylic acids is 1. The van der Waals surface area contributed by atoms with Crippen molar-refractivity contribution in [3.63, 3.8) is 0 Å². The van der Waals surface area contributed by atoms with Crippen LogP contribution in [0.3, 0.4) is 0 Å². The van der Waals surface area contributed by atoms with Crippen molar-refractivity contribution in [2.45, 2.75) is 13.8 Å². The minimum atomic E-state index is -0.387. The minimum Gasteiger partial charge on any atom is -0.495 e. The maximum absolute atomic E-state index is 11.1. The number of ether oxygens (including phenoxy) is 2. The Labute approximate surface area is 101 Å². The highest BCUT2D eigenvalue weighted by atomic mass is 16.5. The monoisotopic (exact) mass is 235 g/mol. The Bertz CT molecular complexity index is 438. The Morgan fingerprint density at radius 1 is 1.35 bits per heavy atom. The molecule has 0 atom stereocenters. The van der Waals surface area contributed by atoms with Crippen LogP contribution in [-0.2, 0) is 9.53 Å². The molecule has 0 aliphatic heterocycles. The summed E-state index contributed by atoms with van der Waals surface area (Å²) in [6.07, 6.45) is 1.39. The lowest BCUT2D eigenvalue weighted by molar-refractivity contribution is -0.134. The molecule has 0 bridgehead atoms. The van der Waals surface area contributed by atoms with Gasteiger partial charge in [0.25, 0.3) is 0 Å². The highest BCUT2D eigenvalue weighted by Crippen LogP contribution is 2.26. The molecule has 0 aliphatic rings. The highest BCUT2D eigenvalue weighted by molar-refractivity contribution is 5.83. The molecule has 0 saturated heterocycles. The van der Waals surface area contributed by atoms with E-state index in [9.17, 15) is 4.79 Å². The summed E-state index contributed by atoms with van der Waals surface area (Å²) < 4.78 is 9.78. The van der Waals surface area contributed by atoms with E-state index in [1.165, 1.54) is 13.2 Å². The summed E-state index contributed by atoms with van der Waals surface area (Å²) in [5.74, 6) is 0.342. The normalized spacial score (nSPS) is 10.9. The molecule has 0 aromatic heterocycles. The van der Waals surface area contributed by atoms with Gasteiger partial charge in [-0.15, -0.1) is 0 Å². The predicted octanol–water partition coefficient (Wildman–Crippen LogP) is 2.49. The average Bonchev–Trinajstić information content (AvgIpc) is 2.29. The Morgan fingerprint density at radius 3 is 2.65 bits per heavy atom. The SMILES string of the molecule is COC(=O)/C=C(\C)Nc1cc(C)ccc1OC. The van der Waals surface area contributed by atoms with E-state index in [1.54, 1.807) is 14.0 Å². The maximum atomic E-state index is 11.1. The molecule has 4 heteroatoms. The molecular formula is C13H17NO3. The quantitative estimate of drug-likeness (QED) is 0.643. The first kappa shape index (κ1) is 13.1. The zero-order valence-electron chi connectivity index (χ0n) is 10.5. The topological polar surface area (TPSA) is 47.6 Å². The minimum absolute atomic E-state index is 0.387. The van der Waals surface area contributed by atoms with E-state index in [0.717, 1.165) is 17.0 Å². The van der Waals surface area contributed by atoms with Crippen molar-refractivity contribution in [2.75, 3.05) is 19.5 Å². The van der Waals surface area contributed by atoms with Crippen LogP contribution in [0.1, 0.15) is 12.5 Å². The first-order chi connectivity index (χ1) is 8.06. The molecule has 1 aromatic carbocycles. The molecule has 92 valence electrons. The van der Waals surface area contributed by atoms with Gasteiger partial charge in [-0.3, -0.25) is 0 Å². The first-order valence-electron chi connectivity index (χ1n) is 5.24. The lowest BCUT2D eigenvalue weighted by Gasteiger charge is -2.12. The molecule has 0 saturated carbocycles. The van der Waals surface area contributed by atoms with Gasteiger partial charge in [-0.25, -0.2) is 4.79 Å². The van der Waals surface area contributed by atoms with Crippen LogP contribution in [0.5, 0.6) is 5.75 Å². The van der Waals surface area contributed by atoms with Gasteiger partial charge < -0.3 is 14.8 Å². The molecule has 0 spiro atoms. The van der Waals surface area contributed by atoms with Gasteiger partial charge in [-0.05, 0) is 31.5 Å². The van der Waals surface area contributed by atoms with Gasteiger partial charge in [0.15, 0.2) is 0 Å². The van der Waals surface area contributed by atoms with E-state index in [0.29, 0.717) is 5.70 Å². The number of rotatable bonds is 4. The van der Waals surface area contributed by atoms with Crippen LogP contribution in [0.25, 0.3) is 0 Å². The van der Waals surface area contributed by atoms with Crippen LogP contribution in [0, 0.1) is 6.92 Å². The van der Waals surface area contributed by atoms with Crippen molar-refractivity contribution in [1.29, 1.82) is 0 Å². The number of aryl methyl sites for hydroxylation is 1. The van der Waals surface area contributed by atoms with Crippen molar-refractivity contribution in [3.8, 4) is 5.75 Å². The van der Waals surface area contributed by atoms with E-state index < -0.39 is 0 Å². The Balaban J connectivity index is 2.90. The largest absolute Gasteiger partial charge is 0.495 e. The number of benzene rings is 1. The third kappa shape index (κ3) is 3.83. The summed E-state index contributed by atoms with van der Waals surface area (Å²) in [5, 5.41) is 3.10. The number of hydrogen-bond donors (Lipinski definition) is 1. The number of hydrogen-bond acceptors (Lipinski definition) is 4. The summed E-state index contributed by atoms with van der Waals surface area (Å²) in [4.78, 5) is 11.1. The van der Waals surface area contributed by atoms with Crippen molar-refractivity contribution in [2.24, 2.45) is 0 Å². The molecule has 17 heavy (non-hydrogen) atoms. The number of carbonyl (C=O) groups is 1. The van der Waals surface area contributed by atoms with Crippen molar-refractivity contribution in [1.82, 2.24) is 0 Å². The molecule has 0 heterocycles. The number of allylic oxidation sites excluding steroid dienone is 1. The third-order valence-electron chi connectivity index (χ3n) is 2.22. The summed E-state index contributed by atoms with van der Waals surface area (Å²) in [7, 11) is 2.95. The summed E-state index contributed by atoms with van der Waals surface area (Å²) in [6.45, 7) is 3.78. The van der Waals surface area contributed by atoms with Crippen LogP contribution < -0.4 is 10.1 Å². The van der Waals surface area contributed by atoms with Gasteiger partial charge in [-0.1, -0.05) is 6.07 Å². The molecule has 1 rings (SSSR count). The molecule has 0 unspecified atom stereocenters. The Kier molecular flexibility index (Phi) is 4.57. The van der Waals surface area contributed by atoms with Gasteiger partial charge >= 0.3 is 5.97 Å². The van der Waals surface area contributed by atoms with Crippen LogP contribution in [0.4, 0.5) is 5.69 Å². The predicted molar refractivity (Wildman–Crippen MR) is 67.1 cm³/mol. The van der Waals surface area contributed by atoms with E-state index in [1.807, 2.05) is 25.1 Å². The second kappa shape index (κ2) is 5.94. The van der Waals surface area contributed by atoms with E-state index in [2.05, 4.69) is 10.1 Å². The average molecular weight is 235 g/mol. The molecule has 0 amide bonds. The second-order valence-electron chi connectivity index (χ2n) is 3.68. The zero-order chi connectivity index (χ0) is 12.8. The van der Waals surface area contributed by atoms with Crippen molar-refractivity contribution in [3.05, 3.63) is 35.5 Å². The van der Waals surface area contributed by atoms with Gasteiger partial charge in [0.1, 0.15) is 5.75 Å².